The number of carbonyl (C=O) groups excluding carboxylic acids is 2. The number of carbonyl (C=O) groups is 2. The molecule has 0 spiro atoms. The molecule has 0 aromatic heterocycles. The minimum absolute atomic E-state index is 0.192. The molecule has 0 fully saturated rings. The molecule has 3 rings (SSSR count). The van der Waals surface area contributed by atoms with Crippen molar-refractivity contribution in [1.29, 1.82) is 0 Å². The van der Waals surface area contributed by atoms with E-state index in [-0.39, 0.29) is 6.54 Å². The molecule has 2 aromatic carbocycles. The maximum atomic E-state index is 13.2. The third-order valence-electron chi connectivity index (χ3n) is 3.29. The number of hydrogen-bond acceptors (Lipinski definition) is 4. The molecule has 5 nitrogen and oxygen atoms in total. The van der Waals surface area contributed by atoms with Crippen molar-refractivity contribution in [3.63, 3.8) is 0 Å². The van der Waals surface area contributed by atoms with Gasteiger partial charge < -0.3 is 10.4 Å². The molecular formula is C15H11FN2O3. The summed E-state index contributed by atoms with van der Waals surface area (Å²) < 4.78 is 13.2. The average molecular weight is 286 g/mol. The summed E-state index contributed by atoms with van der Waals surface area (Å²) >= 11 is 0. The van der Waals surface area contributed by atoms with Crippen molar-refractivity contribution < 1.29 is 19.1 Å². The minimum atomic E-state index is -0.687. The molecule has 6 heteroatoms. The highest BCUT2D eigenvalue weighted by molar-refractivity contribution is 6.21. The molecule has 3 N–H and O–H groups in total. The minimum Gasteiger partial charge on any atom is -0.505 e. The number of para-hydroxylation sites is 1. The van der Waals surface area contributed by atoms with Crippen LogP contribution in [0.25, 0.3) is 0 Å². The molecule has 2 amide bonds. The second kappa shape index (κ2) is 4.90. The maximum Gasteiger partial charge on any atom is 0.259 e. The quantitative estimate of drug-likeness (QED) is 0.754. The number of hydrogen-bond donors (Lipinski definition) is 3. The second-order valence-corrected chi connectivity index (χ2v) is 4.64. The lowest BCUT2D eigenvalue weighted by Gasteiger charge is -2.09. The molecule has 2 aromatic rings. The number of rotatable bonds is 3. The van der Waals surface area contributed by atoms with Gasteiger partial charge in [-0.2, -0.15) is 0 Å². The Bertz CT molecular complexity index is 759. The fourth-order valence-electron chi connectivity index (χ4n) is 2.18. The SMILES string of the molecule is O=C1NC(=O)c2cc(NCc3cccc(F)c3O)ccc21. The van der Waals surface area contributed by atoms with Crippen LogP contribution in [0.1, 0.15) is 26.3 Å². The molecule has 0 radical (unpaired) electrons. The second-order valence-electron chi connectivity index (χ2n) is 4.64. The van der Waals surface area contributed by atoms with Gasteiger partial charge in [-0.25, -0.2) is 4.39 Å². The molecule has 0 saturated heterocycles. The summed E-state index contributed by atoms with van der Waals surface area (Å²) in [5.74, 6) is -1.94. The van der Waals surface area contributed by atoms with E-state index in [4.69, 9.17) is 0 Å². The van der Waals surface area contributed by atoms with Crippen LogP contribution in [-0.2, 0) is 6.54 Å². The number of aromatic hydroxyl groups is 1. The largest absolute Gasteiger partial charge is 0.505 e. The average Bonchev–Trinajstić information content (AvgIpc) is 2.75. The zero-order valence-electron chi connectivity index (χ0n) is 10.8. The van der Waals surface area contributed by atoms with Crippen molar-refractivity contribution in [3.8, 4) is 5.75 Å². The number of halogens is 1. The highest BCUT2D eigenvalue weighted by atomic mass is 19.1. The molecule has 1 aliphatic rings. The summed E-state index contributed by atoms with van der Waals surface area (Å²) in [6, 6.07) is 9.00. The van der Waals surface area contributed by atoms with E-state index in [0.29, 0.717) is 22.4 Å². The Morgan fingerprint density at radius 2 is 1.86 bits per heavy atom. The maximum absolute atomic E-state index is 13.2. The van der Waals surface area contributed by atoms with Crippen LogP contribution >= 0.6 is 0 Å². The Balaban J connectivity index is 1.81. The normalized spacial score (nSPS) is 13.0. The number of imide groups is 1. The third kappa shape index (κ3) is 2.31. The van der Waals surface area contributed by atoms with E-state index in [9.17, 15) is 19.1 Å². The van der Waals surface area contributed by atoms with E-state index in [1.807, 2.05) is 0 Å². The van der Waals surface area contributed by atoms with Gasteiger partial charge in [-0.1, -0.05) is 12.1 Å². The van der Waals surface area contributed by atoms with E-state index in [2.05, 4.69) is 10.6 Å². The lowest BCUT2D eigenvalue weighted by atomic mass is 10.1. The van der Waals surface area contributed by atoms with E-state index < -0.39 is 23.4 Å². The van der Waals surface area contributed by atoms with Gasteiger partial charge in [-0.15, -0.1) is 0 Å². The highest BCUT2D eigenvalue weighted by Gasteiger charge is 2.26. The number of phenolic OH excluding ortho intramolecular Hbond substituents is 1. The van der Waals surface area contributed by atoms with Crippen LogP contribution in [0.2, 0.25) is 0 Å². The fourth-order valence-corrected chi connectivity index (χ4v) is 2.18. The molecule has 0 aliphatic carbocycles. The van der Waals surface area contributed by atoms with Gasteiger partial charge in [0.1, 0.15) is 0 Å². The summed E-state index contributed by atoms with van der Waals surface area (Å²) in [5, 5.41) is 14.8. The van der Waals surface area contributed by atoms with Gasteiger partial charge in [0, 0.05) is 17.8 Å². The van der Waals surface area contributed by atoms with Crippen molar-refractivity contribution >= 4 is 17.5 Å². The zero-order valence-corrected chi connectivity index (χ0v) is 10.8. The monoisotopic (exact) mass is 286 g/mol. The van der Waals surface area contributed by atoms with Crippen molar-refractivity contribution in [3.05, 3.63) is 58.9 Å². The first-order valence-electron chi connectivity index (χ1n) is 6.26. The van der Waals surface area contributed by atoms with Crippen molar-refractivity contribution in [1.82, 2.24) is 5.32 Å². The topological polar surface area (TPSA) is 78.4 Å². The van der Waals surface area contributed by atoms with Crippen LogP contribution in [0.3, 0.4) is 0 Å². The van der Waals surface area contributed by atoms with E-state index in [1.54, 1.807) is 24.3 Å². The Morgan fingerprint density at radius 3 is 2.67 bits per heavy atom. The number of benzene rings is 2. The van der Waals surface area contributed by atoms with E-state index in [0.717, 1.165) is 0 Å². The molecule has 21 heavy (non-hydrogen) atoms. The molecule has 1 heterocycles. The standard InChI is InChI=1S/C15H11FN2O3/c16-12-3-1-2-8(13(12)19)7-17-9-4-5-10-11(6-9)15(21)18-14(10)20/h1-6,17,19H,7H2,(H,18,20,21). The molecule has 1 aliphatic heterocycles. The fraction of sp³-hybridized carbons (Fsp3) is 0.0667. The van der Waals surface area contributed by atoms with Crippen LogP contribution in [0.5, 0.6) is 5.75 Å². The van der Waals surface area contributed by atoms with Crippen LogP contribution in [0.15, 0.2) is 36.4 Å². The van der Waals surface area contributed by atoms with Gasteiger partial charge in [-0.3, -0.25) is 14.9 Å². The number of amides is 2. The predicted molar refractivity (Wildman–Crippen MR) is 73.6 cm³/mol. The van der Waals surface area contributed by atoms with Gasteiger partial charge in [0.05, 0.1) is 11.1 Å². The summed E-state index contributed by atoms with van der Waals surface area (Å²) in [7, 11) is 0. The highest BCUT2D eigenvalue weighted by Crippen LogP contribution is 2.24. The molecular weight excluding hydrogens is 275 g/mol. The van der Waals surface area contributed by atoms with Crippen molar-refractivity contribution in [2.45, 2.75) is 6.54 Å². The molecule has 0 saturated carbocycles. The van der Waals surface area contributed by atoms with Crippen LogP contribution in [-0.4, -0.2) is 16.9 Å². The van der Waals surface area contributed by atoms with Gasteiger partial charge in [0.2, 0.25) is 0 Å². The first-order valence-corrected chi connectivity index (χ1v) is 6.26. The lowest BCUT2D eigenvalue weighted by molar-refractivity contribution is 0.0879. The molecule has 0 atom stereocenters. The first kappa shape index (κ1) is 13.1. The van der Waals surface area contributed by atoms with Gasteiger partial charge in [-0.05, 0) is 24.3 Å². The molecule has 0 bridgehead atoms. The summed E-state index contributed by atoms with van der Waals surface area (Å²) in [4.78, 5) is 23.0. The molecule has 106 valence electrons. The number of anilines is 1. The van der Waals surface area contributed by atoms with E-state index >= 15 is 0 Å². The van der Waals surface area contributed by atoms with Crippen LogP contribution in [0, 0.1) is 5.82 Å². The Morgan fingerprint density at radius 1 is 1.10 bits per heavy atom. The van der Waals surface area contributed by atoms with Crippen LogP contribution in [0.4, 0.5) is 10.1 Å². The lowest BCUT2D eigenvalue weighted by Crippen LogP contribution is -2.19. The van der Waals surface area contributed by atoms with Gasteiger partial charge in [0.25, 0.3) is 11.8 Å². The third-order valence-corrected chi connectivity index (χ3v) is 3.29. The number of phenols is 1. The smallest absolute Gasteiger partial charge is 0.259 e. The summed E-state index contributed by atoms with van der Waals surface area (Å²) in [6.45, 7) is 0.192. The summed E-state index contributed by atoms with van der Waals surface area (Å²) in [5.41, 5.74) is 1.63. The predicted octanol–water partition coefficient (Wildman–Crippen LogP) is 2.03. The van der Waals surface area contributed by atoms with Gasteiger partial charge >= 0.3 is 0 Å². The van der Waals surface area contributed by atoms with Crippen molar-refractivity contribution in [2.75, 3.05) is 5.32 Å². The number of fused-ring (bicyclic) bond motifs is 1. The Labute approximate surface area is 119 Å². The first-order chi connectivity index (χ1) is 10.1. The zero-order chi connectivity index (χ0) is 15.0. The number of nitrogens with one attached hydrogen (secondary N) is 2. The summed E-state index contributed by atoms with van der Waals surface area (Å²) in [6.07, 6.45) is 0. The van der Waals surface area contributed by atoms with E-state index in [1.165, 1.54) is 12.1 Å². The van der Waals surface area contributed by atoms with Gasteiger partial charge in [0.15, 0.2) is 11.6 Å². The molecule has 0 unspecified atom stereocenters. The van der Waals surface area contributed by atoms with Crippen LogP contribution < -0.4 is 10.6 Å². The Kier molecular flexibility index (Phi) is 3.06. The Hall–Kier alpha value is -2.89. The van der Waals surface area contributed by atoms with Crippen molar-refractivity contribution in [2.24, 2.45) is 0 Å².